The van der Waals surface area contributed by atoms with E-state index in [2.05, 4.69) is 15.3 Å². The van der Waals surface area contributed by atoms with Crippen LogP contribution in [0.2, 0.25) is 0 Å². The first kappa shape index (κ1) is 15.7. The van der Waals surface area contributed by atoms with E-state index in [1.54, 1.807) is 12.4 Å². The van der Waals surface area contributed by atoms with Gasteiger partial charge in [-0.3, -0.25) is 4.98 Å². The van der Waals surface area contributed by atoms with Crippen molar-refractivity contribution >= 4 is 5.82 Å². The third-order valence-corrected chi connectivity index (χ3v) is 3.78. The maximum absolute atomic E-state index is 12.6. The number of hydrogen-bond donors (Lipinski definition) is 1. The topological polar surface area (TPSA) is 47.0 Å². The number of hydrogen-bond acceptors (Lipinski definition) is 4. The van der Waals surface area contributed by atoms with Crippen molar-refractivity contribution in [2.24, 2.45) is 0 Å². The summed E-state index contributed by atoms with van der Waals surface area (Å²) in [5, 5.41) is 3.18. The molecule has 1 aliphatic heterocycles. The normalized spacial score (nSPS) is 21.9. The number of halogens is 3. The number of alkyl halides is 3. The van der Waals surface area contributed by atoms with Crippen molar-refractivity contribution in [2.45, 2.75) is 31.2 Å². The molecule has 4 nitrogen and oxygen atoms in total. The number of pyridine rings is 2. The Morgan fingerprint density at radius 2 is 1.91 bits per heavy atom. The van der Waals surface area contributed by atoms with E-state index in [0.29, 0.717) is 12.4 Å². The Hall–Kier alpha value is -2.15. The summed E-state index contributed by atoms with van der Waals surface area (Å²) >= 11 is 0. The highest BCUT2D eigenvalue weighted by Gasteiger charge is 2.31. The monoisotopic (exact) mass is 323 g/mol. The predicted molar refractivity (Wildman–Crippen MR) is 78.8 cm³/mol. The van der Waals surface area contributed by atoms with Crippen LogP contribution < -0.4 is 5.32 Å². The fraction of sp³-hybridized carbons (Fsp3) is 0.375. The second-order valence-electron chi connectivity index (χ2n) is 5.39. The first-order valence-electron chi connectivity index (χ1n) is 7.35. The van der Waals surface area contributed by atoms with Crippen LogP contribution in [-0.4, -0.2) is 22.6 Å². The van der Waals surface area contributed by atoms with Crippen LogP contribution in [-0.2, 0) is 10.9 Å². The summed E-state index contributed by atoms with van der Waals surface area (Å²) in [6.45, 7) is 0.658. The van der Waals surface area contributed by atoms with Gasteiger partial charge in [0.05, 0.1) is 11.6 Å². The van der Waals surface area contributed by atoms with E-state index >= 15 is 0 Å². The molecule has 1 N–H and O–H groups in total. The number of ether oxygens (including phenoxy) is 1. The minimum absolute atomic E-state index is 0.0459. The summed E-state index contributed by atoms with van der Waals surface area (Å²) in [5.74, 6) is 0.410. The van der Waals surface area contributed by atoms with E-state index < -0.39 is 11.7 Å². The Bertz CT molecular complexity index is 631. The number of aromatic nitrogens is 2. The predicted octanol–water partition coefficient (Wildman–Crippen LogP) is 3.83. The average Bonchev–Trinajstić information content (AvgIpc) is 2.56. The smallest absolute Gasteiger partial charge is 0.371 e. The molecule has 1 saturated heterocycles. The van der Waals surface area contributed by atoms with Gasteiger partial charge >= 0.3 is 6.18 Å². The van der Waals surface area contributed by atoms with Gasteiger partial charge in [0, 0.05) is 25.2 Å². The van der Waals surface area contributed by atoms with Crippen molar-refractivity contribution in [1.82, 2.24) is 9.97 Å². The van der Waals surface area contributed by atoms with Crippen molar-refractivity contribution in [2.75, 3.05) is 11.9 Å². The lowest BCUT2D eigenvalue weighted by molar-refractivity contribution is -0.137. The van der Waals surface area contributed by atoms with E-state index in [1.807, 2.05) is 12.1 Å². The van der Waals surface area contributed by atoms with Gasteiger partial charge in [0.1, 0.15) is 11.9 Å². The molecule has 0 radical (unpaired) electrons. The average molecular weight is 323 g/mol. The Labute approximate surface area is 131 Å². The standard InChI is InChI=1S/C16H16F3N3O/c17-16(18,19)12-3-4-14(21-10-12)22-13-2-1-9-23-15(13)11-5-7-20-8-6-11/h3-8,10,13,15H,1-2,9H2,(H,21,22)/t13-,15+/m0/s1. The van der Waals surface area contributed by atoms with E-state index in [1.165, 1.54) is 6.07 Å². The summed E-state index contributed by atoms with van der Waals surface area (Å²) in [5.41, 5.74) is 0.234. The van der Waals surface area contributed by atoms with E-state index in [9.17, 15) is 13.2 Å². The molecule has 1 fully saturated rings. The molecule has 122 valence electrons. The van der Waals surface area contributed by atoms with Gasteiger partial charge in [0.15, 0.2) is 0 Å². The van der Waals surface area contributed by atoms with E-state index in [0.717, 1.165) is 30.7 Å². The van der Waals surface area contributed by atoms with Crippen LogP contribution in [0, 0.1) is 0 Å². The van der Waals surface area contributed by atoms with Crippen LogP contribution in [0.5, 0.6) is 0 Å². The largest absolute Gasteiger partial charge is 0.417 e. The molecule has 3 rings (SSSR count). The molecule has 2 aromatic rings. The molecule has 3 heterocycles. The van der Waals surface area contributed by atoms with Crippen molar-refractivity contribution in [3.63, 3.8) is 0 Å². The third kappa shape index (κ3) is 3.79. The third-order valence-electron chi connectivity index (χ3n) is 3.78. The molecule has 0 aliphatic carbocycles. The van der Waals surface area contributed by atoms with Crippen LogP contribution >= 0.6 is 0 Å². The lowest BCUT2D eigenvalue weighted by Gasteiger charge is -2.33. The highest BCUT2D eigenvalue weighted by Crippen LogP contribution is 2.32. The van der Waals surface area contributed by atoms with Gasteiger partial charge in [-0.15, -0.1) is 0 Å². The summed E-state index contributed by atoms with van der Waals surface area (Å²) in [6, 6.07) is 6.09. The van der Waals surface area contributed by atoms with E-state index in [4.69, 9.17) is 4.74 Å². The molecule has 2 atom stereocenters. The van der Waals surface area contributed by atoms with Crippen LogP contribution in [0.3, 0.4) is 0 Å². The second-order valence-corrected chi connectivity index (χ2v) is 5.39. The minimum atomic E-state index is -4.38. The molecule has 0 amide bonds. The van der Waals surface area contributed by atoms with Gasteiger partial charge < -0.3 is 10.1 Å². The Morgan fingerprint density at radius 1 is 1.13 bits per heavy atom. The molecule has 2 aromatic heterocycles. The second kappa shape index (κ2) is 6.54. The van der Waals surface area contributed by atoms with Crippen LogP contribution in [0.15, 0.2) is 42.9 Å². The molecule has 7 heteroatoms. The fourth-order valence-corrected chi connectivity index (χ4v) is 2.65. The van der Waals surface area contributed by atoms with Gasteiger partial charge in [-0.05, 0) is 42.7 Å². The number of anilines is 1. The zero-order valence-corrected chi connectivity index (χ0v) is 12.3. The van der Waals surface area contributed by atoms with Crippen molar-refractivity contribution in [3.05, 3.63) is 54.0 Å². The molecule has 0 aromatic carbocycles. The fourth-order valence-electron chi connectivity index (χ4n) is 2.65. The minimum Gasteiger partial charge on any atom is -0.371 e. The highest BCUT2D eigenvalue weighted by molar-refractivity contribution is 5.38. The zero-order valence-electron chi connectivity index (χ0n) is 12.3. The first-order chi connectivity index (χ1) is 11.0. The summed E-state index contributed by atoms with van der Waals surface area (Å²) < 4.78 is 43.6. The van der Waals surface area contributed by atoms with Crippen molar-refractivity contribution in [1.29, 1.82) is 0 Å². The quantitative estimate of drug-likeness (QED) is 0.932. The van der Waals surface area contributed by atoms with Crippen molar-refractivity contribution in [3.8, 4) is 0 Å². The SMILES string of the molecule is FC(F)(F)c1ccc(N[C@H]2CCCO[C@@H]2c2ccncc2)nc1. The Kier molecular flexibility index (Phi) is 4.47. The van der Waals surface area contributed by atoms with E-state index in [-0.39, 0.29) is 12.1 Å². The first-order valence-corrected chi connectivity index (χ1v) is 7.35. The molecule has 23 heavy (non-hydrogen) atoms. The van der Waals surface area contributed by atoms with Crippen LogP contribution in [0.1, 0.15) is 30.1 Å². The van der Waals surface area contributed by atoms with Gasteiger partial charge in [-0.25, -0.2) is 4.98 Å². The van der Waals surface area contributed by atoms with Crippen LogP contribution in [0.25, 0.3) is 0 Å². The van der Waals surface area contributed by atoms with Gasteiger partial charge in [-0.2, -0.15) is 13.2 Å². The highest BCUT2D eigenvalue weighted by atomic mass is 19.4. The Balaban J connectivity index is 1.75. The van der Waals surface area contributed by atoms with Gasteiger partial charge in [0.25, 0.3) is 0 Å². The molecular weight excluding hydrogens is 307 g/mol. The summed E-state index contributed by atoms with van der Waals surface area (Å²) in [6.07, 6.45) is 1.43. The maximum Gasteiger partial charge on any atom is 0.417 e. The molecule has 1 aliphatic rings. The van der Waals surface area contributed by atoms with Crippen LogP contribution in [0.4, 0.5) is 19.0 Å². The molecular formula is C16H16F3N3O. The number of nitrogens with zero attached hydrogens (tertiary/aromatic N) is 2. The van der Waals surface area contributed by atoms with Gasteiger partial charge in [-0.1, -0.05) is 0 Å². The molecule has 0 saturated carbocycles. The Morgan fingerprint density at radius 3 is 2.57 bits per heavy atom. The van der Waals surface area contributed by atoms with Gasteiger partial charge in [0.2, 0.25) is 0 Å². The number of rotatable bonds is 3. The molecule has 0 unspecified atom stereocenters. The summed E-state index contributed by atoms with van der Waals surface area (Å²) in [7, 11) is 0. The zero-order chi connectivity index (χ0) is 16.3. The summed E-state index contributed by atoms with van der Waals surface area (Å²) in [4.78, 5) is 7.86. The number of nitrogens with one attached hydrogen (secondary N) is 1. The lowest BCUT2D eigenvalue weighted by Crippen LogP contribution is -2.34. The van der Waals surface area contributed by atoms with Crippen molar-refractivity contribution < 1.29 is 17.9 Å². The lowest BCUT2D eigenvalue weighted by atomic mass is 9.96. The molecule has 0 bridgehead atoms. The maximum atomic E-state index is 12.6. The molecule has 0 spiro atoms.